The van der Waals surface area contributed by atoms with Crippen LogP contribution in [0.3, 0.4) is 0 Å². The highest BCUT2D eigenvalue weighted by Gasteiger charge is 2.71. The number of rotatable bonds is 3. The van der Waals surface area contributed by atoms with Crippen LogP contribution in [0, 0.1) is 53.3 Å². The molecule has 0 aromatic carbocycles. The molecule has 0 amide bonds. The van der Waals surface area contributed by atoms with Crippen LogP contribution >= 0.6 is 0 Å². The van der Waals surface area contributed by atoms with Gasteiger partial charge in [0.25, 0.3) is 0 Å². The summed E-state index contributed by atoms with van der Waals surface area (Å²) in [6.45, 7) is 2.22. The Morgan fingerprint density at radius 3 is 1.48 bits per heavy atom. The fourth-order valence-electron chi connectivity index (χ4n) is 11.0. The molecule has 0 unspecified atom stereocenters. The molecule has 0 spiro atoms. The quantitative estimate of drug-likeness (QED) is 0.684. The predicted molar refractivity (Wildman–Crippen MR) is 114 cm³/mol. The van der Waals surface area contributed by atoms with Crippen molar-refractivity contribution in [2.24, 2.45) is 46.3 Å². The first-order valence-electron chi connectivity index (χ1n) is 12.6. The number of aliphatic hydroxyl groups is 1. The minimum Gasteiger partial charge on any atom is -0.382 e. The molecule has 8 bridgehead atoms. The number of aromatic nitrogens is 1. The van der Waals surface area contributed by atoms with Crippen LogP contribution in [-0.2, 0) is 5.60 Å². The molecule has 2 heteroatoms. The van der Waals surface area contributed by atoms with E-state index < -0.39 is 5.60 Å². The summed E-state index contributed by atoms with van der Waals surface area (Å²) >= 11 is 0. The van der Waals surface area contributed by atoms with Crippen LogP contribution in [0.4, 0.5) is 0 Å². The van der Waals surface area contributed by atoms with E-state index in [0.29, 0.717) is 0 Å². The van der Waals surface area contributed by atoms with Gasteiger partial charge in [0.1, 0.15) is 5.60 Å². The molecule has 29 heavy (non-hydrogen) atoms. The largest absolute Gasteiger partial charge is 0.382 e. The Hall–Kier alpha value is -0.890. The van der Waals surface area contributed by atoms with E-state index in [0.717, 1.165) is 41.2 Å². The second kappa shape index (κ2) is 5.67. The maximum absolute atomic E-state index is 13.3. The molecule has 0 aliphatic heterocycles. The van der Waals surface area contributed by atoms with Crippen molar-refractivity contribution < 1.29 is 5.11 Å². The van der Waals surface area contributed by atoms with Gasteiger partial charge in [-0.3, -0.25) is 4.98 Å². The molecule has 1 aromatic rings. The summed E-state index contributed by atoms with van der Waals surface area (Å²) in [6.07, 6.45) is 18.2. The molecule has 8 aliphatic carbocycles. The minimum absolute atomic E-state index is 0.0898. The van der Waals surface area contributed by atoms with Crippen LogP contribution in [0.1, 0.15) is 88.3 Å². The van der Waals surface area contributed by atoms with E-state index in [1.54, 1.807) is 0 Å². The standard InChI is InChI=1S/C27H37NO/c1-17-3-2-4-28-24(17)27(29,25-11-18-5-19(12-25)7-20(6-18)13-25)26-14-21-8-22(15-26)10-23(9-21)16-26/h2-4,18-23,29H,5-16H2,1H3. The Labute approximate surface area is 175 Å². The third-order valence-corrected chi connectivity index (χ3v) is 11.0. The summed E-state index contributed by atoms with van der Waals surface area (Å²) in [5, 5.41) is 13.3. The zero-order valence-electron chi connectivity index (χ0n) is 18.1. The number of hydrogen-bond acceptors (Lipinski definition) is 2. The van der Waals surface area contributed by atoms with Crippen LogP contribution in [0.5, 0.6) is 0 Å². The van der Waals surface area contributed by atoms with E-state index >= 15 is 0 Å². The maximum Gasteiger partial charge on any atom is 0.118 e. The number of aryl methyl sites for hydroxylation is 1. The average molecular weight is 392 g/mol. The highest BCUT2D eigenvalue weighted by atomic mass is 16.3. The second-order valence-corrected chi connectivity index (χ2v) is 12.8. The van der Waals surface area contributed by atoms with Crippen molar-refractivity contribution in [1.29, 1.82) is 0 Å². The van der Waals surface area contributed by atoms with Gasteiger partial charge in [0.2, 0.25) is 0 Å². The van der Waals surface area contributed by atoms with Crippen LogP contribution in [0.2, 0.25) is 0 Å². The van der Waals surface area contributed by atoms with E-state index in [1.165, 1.54) is 82.6 Å². The van der Waals surface area contributed by atoms with E-state index in [1.807, 2.05) is 6.20 Å². The van der Waals surface area contributed by atoms with E-state index in [2.05, 4.69) is 19.1 Å². The van der Waals surface area contributed by atoms with Gasteiger partial charge >= 0.3 is 0 Å². The average Bonchev–Trinajstić information content (AvgIpc) is 2.65. The molecule has 0 radical (unpaired) electrons. The lowest BCUT2D eigenvalue weighted by molar-refractivity contribution is -0.279. The summed E-state index contributed by atoms with van der Waals surface area (Å²) in [4.78, 5) is 5.01. The summed E-state index contributed by atoms with van der Waals surface area (Å²) in [7, 11) is 0. The third kappa shape index (κ3) is 2.20. The summed E-state index contributed by atoms with van der Waals surface area (Å²) in [5.41, 5.74) is 1.79. The summed E-state index contributed by atoms with van der Waals surface area (Å²) in [6, 6.07) is 4.28. The van der Waals surface area contributed by atoms with Crippen LogP contribution in [-0.4, -0.2) is 10.1 Å². The van der Waals surface area contributed by atoms with Gasteiger partial charge in [-0.1, -0.05) is 6.07 Å². The molecule has 2 nitrogen and oxygen atoms in total. The van der Waals surface area contributed by atoms with Gasteiger partial charge < -0.3 is 5.11 Å². The van der Waals surface area contributed by atoms with Gasteiger partial charge in [-0.2, -0.15) is 0 Å². The number of nitrogens with zero attached hydrogens (tertiary/aromatic N) is 1. The Balaban J connectivity index is 1.44. The van der Waals surface area contributed by atoms with Crippen LogP contribution in [0.15, 0.2) is 18.3 Å². The van der Waals surface area contributed by atoms with E-state index in [9.17, 15) is 5.11 Å². The molecule has 156 valence electrons. The van der Waals surface area contributed by atoms with E-state index in [4.69, 9.17) is 4.98 Å². The molecular weight excluding hydrogens is 354 g/mol. The van der Waals surface area contributed by atoms with Gasteiger partial charge in [0.15, 0.2) is 0 Å². The molecule has 0 atom stereocenters. The Bertz CT molecular complexity index is 726. The lowest BCUT2D eigenvalue weighted by atomic mass is 9.36. The summed E-state index contributed by atoms with van der Waals surface area (Å²) < 4.78 is 0. The fraction of sp³-hybridized carbons (Fsp3) is 0.815. The van der Waals surface area contributed by atoms with Gasteiger partial charge in [0.05, 0.1) is 5.69 Å². The van der Waals surface area contributed by atoms with Gasteiger partial charge in [-0.15, -0.1) is 0 Å². The molecule has 9 rings (SSSR count). The van der Waals surface area contributed by atoms with E-state index in [-0.39, 0.29) is 10.8 Å². The maximum atomic E-state index is 13.3. The molecule has 8 fully saturated rings. The number of pyridine rings is 1. The van der Waals surface area contributed by atoms with Crippen LogP contribution in [0.25, 0.3) is 0 Å². The summed E-state index contributed by atoms with van der Waals surface area (Å²) in [5.74, 6) is 5.20. The monoisotopic (exact) mass is 391 g/mol. The smallest absolute Gasteiger partial charge is 0.118 e. The molecule has 8 aliphatic rings. The second-order valence-electron chi connectivity index (χ2n) is 12.8. The van der Waals surface area contributed by atoms with Crippen molar-refractivity contribution in [2.75, 3.05) is 0 Å². The Morgan fingerprint density at radius 1 is 0.759 bits per heavy atom. The van der Waals surface area contributed by atoms with Crippen molar-refractivity contribution in [3.8, 4) is 0 Å². The normalized spacial score (nSPS) is 51.4. The first kappa shape index (κ1) is 17.8. The van der Waals surface area contributed by atoms with Crippen molar-refractivity contribution in [2.45, 2.75) is 89.6 Å². The lowest BCUT2D eigenvalue weighted by Crippen LogP contribution is -2.67. The molecule has 1 heterocycles. The number of hydrogen-bond donors (Lipinski definition) is 1. The van der Waals surface area contributed by atoms with Crippen molar-refractivity contribution in [3.63, 3.8) is 0 Å². The zero-order valence-corrected chi connectivity index (χ0v) is 18.1. The molecule has 8 saturated carbocycles. The Kier molecular flexibility index (Phi) is 3.47. The SMILES string of the molecule is Cc1cccnc1C(O)(C12CC3CC(CC(C3)C1)C2)C12CC3CC(CC(C3)C1)C2. The van der Waals surface area contributed by atoms with Crippen LogP contribution < -0.4 is 0 Å². The molecule has 1 aromatic heterocycles. The topological polar surface area (TPSA) is 33.1 Å². The zero-order chi connectivity index (χ0) is 19.4. The van der Waals surface area contributed by atoms with Crippen molar-refractivity contribution in [1.82, 2.24) is 4.98 Å². The van der Waals surface area contributed by atoms with Crippen molar-refractivity contribution in [3.05, 3.63) is 29.6 Å². The fourth-order valence-corrected chi connectivity index (χ4v) is 11.0. The minimum atomic E-state index is -0.711. The van der Waals surface area contributed by atoms with Gasteiger partial charge in [0, 0.05) is 17.0 Å². The lowest BCUT2D eigenvalue weighted by Gasteiger charge is -2.70. The highest BCUT2D eigenvalue weighted by Crippen LogP contribution is 2.75. The Morgan fingerprint density at radius 2 is 1.14 bits per heavy atom. The molecular formula is C27H37NO. The predicted octanol–water partition coefficient (Wildman–Crippen LogP) is 6.01. The van der Waals surface area contributed by atoms with Crippen molar-refractivity contribution >= 4 is 0 Å². The molecule has 1 N–H and O–H groups in total. The highest BCUT2D eigenvalue weighted by molar-refractivity contribution is 5.33. The van der Waals surface area contributed by atoms with Gasteiger partial charge in [-0.05, 0) is 131 Å². The van der Waals surface area contributed by atoms with Gasteiger partial charge in [-0.25, -0.2) is 0 Å². The first-order chi connectivity index (χ1) is 14.0. The first-order valence-corrected chi connectivity index (χ1v) is 12.6. The third-order valence-electron chi connectivity index (χ3n) is 11.0. The molecule has 0 saturated heterocycles.